The summed E-state index contributed by atoms with van der Waals surface area (Å²) >= 11 is 0. The summed E-state index contributed by atoms with van der Waals surface area (Å²) in [4.78, 5) is 0. The highest BCUT2D eigenvalue weighted by molar-refractivity contribution is 5.43. The van der Waals surface area contributed by atoms with E-state index in [0.717, 1.165) is 12.5 Å². The Balaban J connectivity index is 1.78. The molecule has 3 atom stereocenters. The van der Waals surface area contributed by atoms with Gasteiger partial charge in [-0.25, -0.2) is 0 Å². The maximum atomic E-state index is 3.74. The van der Waals surface area contributed by atoms with Gasteiger partial charge >= 0.3 is 0 Å². The SMILES string of the molecule is c1ccc([C@H]2NC[C@H]3C[C@@H]2c2ccccc23)cc1. The molecule has 1 saturated heterocycles. The maximum absolute atomic E-state index is 3.74. The maximum Gasteiger partial charge on any atom is 0.0390 e. The summed E-state index contributed by atoms with van der Waals surface area (Å²) in [5, 5.41) is 3.74. The Labute approximate surface area is 108 Å². The van der Waals surface area contributed by atoms with Gasteiger partial charge in [0.05, 0.1) is 0 Å². The lowest BCUT2D eigenvalue weighted by atomic mass is 9.85. The third-order valence-corrected chi connectivity index (χ3v) is 4.52. The van der Waals surface area contributed by atoms with Crippen molar-refractivity contribution in [3.05, 3.63) is 71.3 Å². The van der Waals surface area contributed by atoms with Crippen molar-refractivity contribution in [3.8, 4) is 0 Å². The van der Waals surface area contributed by atoms with Crippen LogP contribution in [0.3, 0.4) is 0 Å². The van der Waals surface area contributed by atoms with Crippen molar-refractivity contribution >= 4 is 0 Å². The standard InChI is InChI=1S/C17H17N/c1-2-6-12(7-3-1)17-16-10-13(11-18-17)14-8-4-5-9-15(14)16/h1-9,13,16-18H,10-11H2/t13-,16-,17-/m1/s1. The van der Waals surface area contributed by atoms with Crippen LogP contribution in [0.25, 0.3) is 0 Å². The van der Waals surface area contributed by atoms with Crippen LogP contribution >= 0.6 is 0 Å². The van der Waals surface area contributed by atoms with Crippen LogP contribution in [0, 0.1) is 0 Å². The number of benzene rings is 2. The Kier molecular flexibility index (Phi) is 2.27. The van der Waals surface area contributed by atoms with Gasteiger partial charge in [0, 0.05) is 18.5 Å². The zero-order valence-corrected chi connectivity index (χ0v) is 10.3. The van der Waals surface area contributed by atoms with Gasteiger partial charge in [-0.1, -0.05) is 54.6 Å². The summed E-state index contributed by atoms with van der Waals surface area (Å²) in [7, 11) is 0. The third kappa shape index (κ3) is 1.44. The van der Waals surface area contributed by atoms with E-state index in [9.17, 15) is 0 Å². The first-order valence-corrected chi connectivity index (χ1v) is 6.80. The zero-order chi connectivity index (χ0) is 11.9. The Morgan fingerprint density at radius 2 is 1.56 bits per heavy atom. The molecule has 0 spiro atoms. The molecule has 1 nitrogen and oxygen atoms in total. The molecule has 1 N–H and O–H groups in total. The molecule has 2 aromatic rings. The predicted octanol–water partition coefficient (Wildman–Crippen LogP) is 3.60. The summed E-state index contributed by atoms with van der Waals surface area (Å²) in [6.07, 6.45) is 1.31. The first-order chi connectivity index (χ1) is 8.93. The van der Waals surface area contributed by atoms with Crippen LogP contribution in [-0.4, -0.2) is 6.54 Å². The highest BCUT2D eigenvalue weighted by atomic mass is 15.0. The summed E-state index contributed by atoms with van der Waals surface area (Å²) in [5.74, 6) is 1.38. The fourth-order valence-corrected chi connectivity index (χ4v) is 3.71. The van der Waals surface area contributed by atoms with Gasteiger partial charge in [0.2, 0.25) is 0 Å². The first-order valence-electron chi connectivity index (χ1n) is 6.80. The lowest BCUT2D eigenvalue weighted by molar-refractivity contribution is 0.358. The van der Waals surface area contributed by atoms with E-state index in [0.29, 0.717) is 12.0 Å². The fourth-order valence-electron chi connectivity index (χ4n) is 3.71. The predicted molar refractivity (Wildman–Crippen MR) is 73.7 cm³/mol. The zero-order valence-electron chi connectivity index (χ0n) is 10.3. The highest BCUT2D eigenvalue weighted by Crippen LogP contribution is 2.50. The topological polar surface area (TPSA) is 12.0 Å². The van der Waals surface area contributed by atoms with Crippen LogP contribution < -0.4 is 5.32 Å². The van der Waals surface area contributed by atoms with Crippen molar-refractivity contribution in [2.24, 2.45) is 0 Å². The molecule has 1 fully saturated rings. The van der Waals surface area contributed by atoms with E-state index in [2.05, 4.69) is 59.9 Å². The lowest BCUT2D eigenvalue weighted by Crippen LogP contribution is -2.33. The fraction of sp³-hybridized carbons (Fsp3) is 0.294. The molecule has 1 heteroatoms. The molecule has 1 aliphatic heterocycles. The quantitative estimate of drug-likeness (QED) is 0.796. The van der Waals surface area contributed by atoms with Gasteiger partial charge < -0.3 is 5.32 Å². The third-order valence-electron chi connectivity index (χ3n) is 4.52. The van der Waals surface area contributed by atoms with Crippen LogP contribution in [0.5, 0.6) is 0 Å². The molecular weight excluding hydrogens is 218 g/mol. The van der Waals surface area contributed by atoms with Crippen molar-refractivity contribution in [1.82, 2.24) is 5.32 Å². The second kappa shape index (κ2) is 3.96. The van der Waals surface area contributed by atoms with Crippen molar-refractivity contribution in [1.29, 1.82) is 0 Å². The van der Waals surface area contributed by atoms with Crippen LogP contribution in [0.2, 0.25) is 0 Å². The molecular formula is C17H17N. The van der Waals surface area contributed by atoms with E-state index in [4.69, 9.17) is 0 Å². The van der Waals surface area contributed by atoms with Gasteiger partial charge in [0.1, 0.15) is 0 Å². The molecule has 0 aromatic heterocycles. The molecule has 0 unspecified atom stereocenters. The first kappa shape index (κ1) is 10.3. The molecule has 4 rings (SSSR count). The van der Waals surface area contributed by atoms with E-state index >= 15 is 0 Å². The van der Waals surface area contributed by atoms with E-state index in [1.807, 2.05) is 0 Å². The molecule has 2 aromatic carbocycles. The molecule has 0 amide bonds. The van der Waals surface area contributed by atoms with Crippen molar-refractivity contribution in [2.75, 3.05) is 6.54 Å². The summed E-state index contributed by atoms with van der Waals surface area (Å²) in [5.41, 5.74) is 4.58. The number of hydrogen-bond donors (Lipinski definition) is 1. The Hall–Kier alpha value is -1.60. The average Bonchev–Trinajstić information content (AvgIpc) is 2.74. The van der Waals surface area contributed by atoms with Gasteiger partial charge in [-0.3, -0.25) is 0 Å². The molecule has 2 bridgehead atoms. The number of nitrogens with one attached hydrogen (secondary N) is 1. The van der Waals surface area contributed by atoms with Crippen molar-refractivity contribution in [3.63, 3.8) is 0 Å². The molecule has 18 heavy (non-hydrogen) atoms. The Morgan fingerprint density at radius 3 is 2.39 bits per heavy atom. The highest BCUT2D eigenvalue weighted by Gasteiger charge is 2.39. The second-order valence-electron chi connectivity index (χ2n) is 5.46. The molecule has 0 saturated carbocycles. The molecule has 90 valence electrons. The molecule has 2 aliphatic rings. The minimum Gasteiger partial charge on any atom is -0.309 e. The minimum absolute atomic E-state index is 0.492. The number of hydrogen-bond acceptors (Lipinski definition) is 1. The van der Waals surface area contributed by atoms with Gasteiger partial charge in [-0.05, 0) is 29.0 Å². The van der Waals surface area contributed by atoms with Gasteiger partial charge in [-0.15, -0.1) is 0 Å². The smallest absolute Gasteiger partial charge is 0.0390 e. The van der Waals surface area contributed by atoms with Crippen LogP contribution in [0.4, 0.5) is 0 Å². The molecule has 1 aliphatic carbocycles. The lowest BCUT2D eigenvalue weighted by Gasteiger charge is -2.31. The van der Waals surface area contributed by atoms with E-state index in [1.54, 1.807) is 11.1 Å². The normalized spacial score (nSPS) is 29.0. The summed E-state index contributed by atoms with van der Waals surface area (Å²) in [6, 6.07) is 20.4. The largest absolute Gasteiger partial charge is 0.309 e. The van der Waals surface area contributed by atoms with Gasteiger partial charge in [0.15, 0.2) is 0 Å². The van der Waals surface area contributed by atoms with Crippen LogP contribution in [0.1, 0.15) is 41.0 Å². The molecule has 0 radical (unpaired) electrons. The average molecular weight is 235 g/mol. The van der Waals surface area contributed by atoms with E-state index < -0.39 is 0 Å². The van der Waals surface area contributed by atoms with Crippen LogP contribution in [-0.2, 0) is 0 Å². The van der Waals surface area contributed by atoms with Gasteiger partial charge in [-0.2, -0.15) is 0 Å². The Morgan fingerprint density at radius 1 is 0.833 bits per heavy atom. The van der Waals surface area contributed by atoms with E-state index in [-0.39, 0.29) is 0 Å². The molecule has 1 heterocycles. The number of piperidine rings is 1. The minimum atomic E-state index is 0.492. The van der Waals surface area contributed by atoms with Crippen molar-refractivity contribution < 1.29 is 0 Å². The van der Waals surface area contributed by atoms with E-state index in [1.165, 1.54) is 12.0 Å². The number of rotatable bonds is 1. The second-order valence-corrected chi connectivity index (χ2v) is 5.46. The Bertz CT molecular complexity index is 561. The summed E-state index contributed by atoms with van der Waals surface area (Å²) < 4.78 is 0. The number of fused-ring (bicyclic) bond motifs is 5. The summed E-state index contributed by atoms with van der Waals surface area (Å²) in [6.45, 7) is 1.12. The van der Waals surface area contributed by atoms with Crippen molar-refractivity contribution in [2.45, 2.75) is 24.3 Å². The van der Waals surface area contributed by atoms with Gasteiger partial charge in [0.25, 0.3) is 0 Å². The monoisotopic (exact) mass is 235 g/mol. The van der Waals surface area contributed by atoms with Crippen LogP contribution in [0.15, 0.2) is 54.6 Å².